The highest BCUT2D eigenvalue weighted by Crippen LogP contribution is 2.42. The largest absolute Gasteiger partial charge is 0.378 e. The molecule has 10 heteroatoms. The predicted octanol–water partition coefficient (Wildman–Crippen LogP) is 3.08. The molecule has 0 aliphatic carbocycles. The molecule has 7 nitrogen and oxygen atoms in total. The number of ether oxygens (including phenoxy) is 2. The molecule has 5 heterocycles. The standard InChI is InChI=1S/C21H26N5O2S3/c1-24(2)18-4-3-15(29-18)19(16-13-22-20(30-16)25-5-9-27-10-6-25)17-14-23-21(31-17)26-7-11-28-12-8-26/h3-4,13-14H,5-12H2,1-2H3/q+1. The normalized spacial score (nSPS) is 21.2. The van der Waals surface area contributed by atoms with Gasteiger partial charge in [0.05, 0.1) is 41.2 Å². The molecule has 3 aliphatic heterocycles. The number of anilines is 2. The Kier molecular flexibility index (Phi) is 6.42. The second kappa shape index (κ2) is 9.41. The maximum absolute atomic E-state index is 5.51. The Balaban J connectivity index is 1.52. The highest BCUT2D eigenvalue weighted by atomic mass is 32.2. The van der Waals surface area contributed by atoms with E-state index >= 15 is 0 Å². The van der Waals surface area contributed by atoms with Crippen LogP contribution in [0.4, 0.5) is 10.1 Å². The van der Waals surface area contributed by atoms with Crippen LogP contribution in [0.25, 0.3) is 5.57 Å². The number of hydrogen-bond acceptors (Lipinski definition) is 8. The minimum Gasteiger partial charge on any atom is -0.378 e. The summed E-state index contributed by atoms with van der Waals surface area (Å²) >= 11 is 5.33. The van der Waals surface area contributed by atoms with Crippen molar-refractivity contribution in [2.45, 2.75) is 0 Å². The van der Waals surface area contributed by atoms with E-state index in [2.05, 4.69) is 40.6 Å². The van der Waals surface area contributed by atoms with Crippen molar-refractivity contribution in [2.24, 2.45) is 4.99 Å². The molecule has 2 fully saturated rings. The SMILES string of the molecule is CN(C)c1ccc(C(=C2C=NC(=[N+]3CCOCC3)S2)c2cnc(N3CCOCC3)s2)s1. The first-order chi connectivity index (χ1) is 15.2. The Morgan fingerprint density at radius 3 is 2.55 bits per heavy atom. The second-order valence-corrected chi connectivity index (χ2v) is 10.7. The number of allylic oxidation sites excluding steroid dienone is 1. The lowest BCUT2D eigenvalue weighted by molar-refractivity contribution is -0.547. The van der Waals surface area contributed by atoms with Gasteiger partial charge < -0.3 is 19.3 Å². The van der Waals surface area contributed by atoms with E-state index in [0.29, 0.717) is 0 Å². The highest BCUT2D eigenvalue weighted by Gasteiger charge is 2.29. The molecule has 2 saturated heterocycles. The second-order valence-electron chi connectivity index (χ2n) is 7.62. The third-order valence-electron chi connectivity index (χ3n) is 5.32. The topological polar surface area (TPSA) is 53.2 Å². The summed E-state index contributed by atoms with van der Waals surface area (Å²) in [4.78, 5) is 17.6. The van der Waals surface area contributed by atoms with Crippen LogP contribution in [0.3, 0.4) is 0 Å². The van der Waals surface area contributed by atoms with E-state index in [-0.39, 0.29) is 0 Å². The summed E-state index contributed by atoms with van der Waals surface area (Å²) in [6.45, 7) is 6.64. The maximum Gasteiger partial charge on any atom is 0.359 e. The third-order valence-corrected chi connectivity index (χ3v) is 8.74. The third kappa shape index (κ3) is 4.58. The Morgan fingerprint density at radius 1 is 1.03 bits per heavy atom. The molecule has 3 aliphatic rings. The Hall–Kier alpha value is -1.72. The van der Waals surface area contributed by atoms with Gasteiger partial charge in [0.1, 0.15) is 13.1 Å². The van der Waals surface area contributed by atoms with Gasteiger partial charge in [0.25, 0.3) is 0 Å². The highest BCUT2D eigenvalue weighted by molar-refractivity contribution is 8.18. The molecule has 2 aromatic rings. The fourth-order valence-electron chi connectivity index (χ4n) is 3.63. The Bertz CT molecular complexity index is 1030. The number of rotatable bonds is 4. The number of thiazole rings is 1. The summed E-state index contributed by atoms with van der Waals surface area (Å²) in [5, 5.41) is 3.37. The summed E-state index contributed by atoms with van der Waals surface area (Å²) in [6.07, 6.45) is 4.04. The summed E-state index contributed by atoms with van der Waals surface area (Å²) in [5.41, 5.74) is 1.23. The van der Waals surface area contributed by atoms with Crippen molar-refractivity contribution in [1.29, 1.82) is 0 Å². The monoisotopic (exact) mass is 476 g/mol. The van der Waals surface area contributed by atoms with E-state index in [0.717, 1.165) is 62.9 Å². The molecule has 0 unspecified atom stereocenters. The molecule has 0 bridgehead atoms. The van der Waals surface area contributed by atoms with Crippen LogP contribution in [0.1, 0.15) is 9.75 Å². The number of thiophene rings is 1. The maximum atomic E-state index is 5.51. The minimum absolute atomic E-state index is 0.764. The van der Waals surface area contributed by atoms with Gasteiger partial charge in [-0.15, -0.1) is 11.3 Å². The van der Waals surface area contributed by atoms with Gasteiger partial charge >= 0.3 is 5.17 Å². The first-order valence-electron chi connectivity index (χ1n) is 10.4. The number of aromatic nitrogens is 1. The lowest BCUT2D eigenvalue weighted by atomic mass is 10.2. The van der Waals surface area contributed by atoms with Gasteiger partial charge in [0, 0.05) is 55.6 Å². The van der Waals surface area contributed by atoms with E-state index < -0.39 is 0 Å². The molecule has 5 rings (SSSR count). The average Bonchev–Trinajstić information content (AvgIpc) is 3.57. The zero-order valence-corrected chi connectivity index (χ0v) is 20.2. The van der Waals surface area contributed by atoms with Crippen LogP contribution < -0.4 is 9.80 Å². The first kappa shape index (κ1) is 21.1. The zero-order chi connectivity index (χ0) is 21.2. The molecule has 0 amide bonds. The average molecular weight is 477 g/mol. The number of hydrogen-bond donors (Lipinski definition) is 0. The van der Waals surface area contributed by atoms with Gasteiger partial charge in [-0.3, -0.25) is 0 Å². The van der Waals surface area contributed by atoms with Gasteiger partial charge in [0.2, 0.25) is 0 Å². The van der Waals surface area contributed by atoms with E-state index in [1.54, 1.807) is 23.1 Å². The van der Waals surface area contributed by atoms with Gasteiger partial charge in [-0.2, -0.15) is 0 Å². The van der Waals surface area contributed by atoms with Gasteiger partial charge in [-0.1, -0.05) is 11.3 Å². The molecule has 0 radical (unpaired) electrons. The minimum atomic E-state index is 0.764. The number of thioether (sulfide) groups is 1. The van der Waals surface area contributed by atoms with Crippen LogP contribution in [-0.2, 0) is 9.47 Å². The molecule has 0 aromatic carbocycles. The number of nitrogens with zero attached hydrogens (tertiary/aromatic N) is 5. The summed E-state index contributed by atoms with van der Waals surface area (Å²) in [7, 11) is 4.17. The van der Waals surface area contributed by atoms with Crippen LogP contribution in [-0.4, -0.2) is 87.6 Å². The fraction of sp³-hybridized carbons (Fsp3) is 0.476. The lowest BCUT2D eigenvalue weighted by Crippen LogP contribution is -2.36. The lowest BCUT2D eigenvalue weighted by Gasteiger charge is -2.26. The van der Waals surface area contributed by atoms with Crippen molar-refractivity contribution in [1.82, 2.24) is 4.98 Å². The number of aliphatic imine (C=N–C) groups is 1. The van der Waals surface area contributed by atoms with Crippen molar-refractivity contribution >= 4 is 61.5 Å². The van der Waals surface area contributed by atoms with Gasteiger partial charge in [-0.05, 0) is 17.1 Å². The van der Waals surface area contributed by atoms with Crippen molar-refractivity contribution in [3.8, 4) is 0 Å². The fourth-order valence-corrected chi connectivity index (χ4v) is 6.91. The van der Waals surface area contributed by atoms with Crippen molar-refractivity contribution < 1.29 is 14.0 Å². The molecule has 31 heavy (non-hydrogen) atoms. The van der Waals surface area contributed by atoms with Crippen LogP contribution in [0, 0.1) is 0 Å². The molecule has 2 aromatic heterocycles. The molecular formula is C21H26N5O2S3+. The van der Waals surface area contributed by atoms with Crippen LogP contribution in [0.2, 0.25) is 0 Å². The summed E-state index contributed by atoms with van der Waals surface area (Å²) < 4.78 is 13.3. The number of amidine groups is 1. The van der Waals surface area contributed by atoms with Crippen LogP contribution in [0.5, 0.6) is 0 Å². The van der Waals surface area contributed by atoms with Crippen LogP contribution in [0.15, 0.2) is 28.2 Å². The molecule has 0 saturated carbocycles. The number of morpholine rings is 2. The van der Waals surface area contributed by atoms with E-state index in [1.165, 1.54) is 25.2 Å². The smallest absolute Gasteiger partial charge is 0.359 e. The predicted molar refractivity (Wildman–Crippen MR) is 132 cm³/mol. The summed E-state index contributed by atoms with van der Waals surface area (Å²) in [6, 6.07) is 4.41. The van der Waals surface area contributed by atoms with Gasteiger partial charge in [0.15, 0.2) is 11.3 Å². The van der Waals surface area contributed by atoms with Crippen molar-refractivity contribution in [3.63, 3.8) is 0 Å². The molecular weight excluding hydrogens is 450 g/mol. The molecule has 0 spiro atoms. The van der Waals surface area contributed by atoms with Gasteiger partial charge in [-0.25, -0.2) is 9.56 Å². The van der Waals surface area contributed by atoms with Crippen molar-refractivity contribution in [3.05, 3.63) is 33.0 Å². The molecule has 0 atom stereocenters. The zero-order valence-electron chi connectivity index (χ0n) is 17.7. The van der Waals surface area contributed by atoms with E-state index in [1.807, 2.05) is 23.7 Å². The first-order valence-corrected chi connectivity index (χ1v) is 12.9. The van der Waals surface area contributed by atoms with E-state index in [4.69, 9.17) is 19.5 Å². The quantitative estimate of drug-likeness (QED) is 0.632. The summed E-state index contributed by atoms with van der Waals surface area (Å²) in [5.74, 6) is 0. The Labute approximate surface area is 194 Å². The Morgan fingerprint density at radius 2 is 1.81 bits per heavy atom. The van der Waals surface area contributed by atoms with E-state index in [9.17, 15) is 0 Å². The molecule has 0 N–H and O–H groups in total. The molecule has 164 valence electrons. The van der Waals surface area contributed by atoms with Crippen molar-refractivity contribution in [2.75, 3.05) is 76.5 Å². The van der Waals surface area contributed by atoms with Crippen LogP contribution >= 0.6 is 34.4 Å².